The third-order valence-electron chi connectivity index (χ3n) is 6.06. The summed E-state index contributed by atoms with van der Waals surface area (Å²) < 4.78 is 1.74. The molecular formula is C29H33N5O2. The van der Waals surface area contributed by atoms with Crippen LogP contribution in [0.15, 0.2) is 72.8 Å². The number of benzene rings is 3. The van der Waals surface area contributed by atoms with Crippen LogP contribution in [0.25, 0.3) is 16.5 Å². The van der Waals surface area contributed by atoms with Gasteiger partial charge in [-0.2, -0.15) is 5.10 Å². The molecule has 4 rings (SSSR count). The van der Waals surface area contributed by atoms with Crippen molar-refractivity contribution in [1.29, 1.82) is 0 Å². The number of hydrogen-bond acceptors (Lipinski definition) is 3. The van der Waals surface area contributed by atoms with E-state index >= 15 is 0 Å². The van der Waals surface area contributed by atoms with Gasteiger partial charge in [0, 0.05) is 23.4 Å². The first-order chi connectivity index (χ1) is 17.2. The normalized spacial score (nSPS) is 11.4. The molecule has 36 heavy (non-hydrogen) atoms. The molecular weight excluding hydrogens is 450 g/mol. The Morgan fingerprint density at radius 1 is 0.944 bits per heavy atom. The SMILES string of the molecule is CCN(CC(=O)Nc1cc(C(C)(C)C)nn1-c1ccc(C)cc1)C(=O)Nc1cccc2ccccc12. The Hall–Kier alpha value is -4.13. The van der Waals surface area contributed by atoms with Gasteiger partial charge in [-0.15, -0.1) is 0 Å². The molecule has 0 saturated heterocycles. The number of hydrogen-bond donors (Lipinski definition) is 2. The number of carbonyl (C=O) groups excluding carboxylic acids is 2. The summed E-state index contributed by atoms with van der Waals surface area (Å²) in [6.45, 7) is 10.4. The zero-order chi connectivity index (χ0) is 25.9. The van der Waals surface area contributed by atoms with Crippen molar-refractivity contribution < 1.29 is 9.59 Å². The first-order valence-electron chi connectivity index (χ1n) is 12.2. The molecule has 0 aliphatic rings. The van der Waals surface area contributed by atoms with Crippen LogP contribution >= 0.6 is 0 Å². The van der Waals surface area contributed by atoms with Crippen LogP contribution in [0.2, 0.25) is 0 Å². The topological polar surface area (TPSA) is 79.3 Å². The van der Waals surface area contributed by atoms with Crippen molar-refractivity contribution in [1.82, 2.24) is 14.7 Å². The highest BCUT2D eigenvalue weighted by atomic mass is 16.2. The summed E-state index contributed by atoms with van der Waals surface area (Å²) in [4.78, 5) is 27.6. The Kier molecular flexibility index (Phi) is 7.10. The smallest absolute Gasteiger partial charge is 0.315 e. The third kappa shape index (κ3) is 5.57. The van der Waals surface area contributed by atoms with E-state index in [9.17, 15) is 9.59 Å². The fraction of sp³-hybridized carbons (Fsp3) is 0.276. The molecule has 3 aromatic carbocycles. The minimum absolute atomic E-state index is 0.0863. The van der Waals surface area contributed by atoms with Crippen molar-refractivity contribution in [3.63, 3.8) is 0 Å². The number of fused-ring (bicyclic) bond motifs is 1. The van der Waals surface area contributed by atoms with E-state index in [-0.39, 0.29) is 23.9 Å². The minimum Gasteiger partial charge on any atom is -0.315 e. The van der Waals surface area contributed by atoms with Crippen molar-refractivity contribution in [3.05, 3.63) is 84.1 Å². The maximum atomic E-state index is 13.1. The molecule has 186 valence electrons. The van der Waals surface area contributed by atoms with Gasteiger partial charge in [0.2, 0.25) is 5.91 Å². The van der Waals surface area contributed by atoms with E-state index < -0.39 is 0 Å². The highest BCUT2D eigenvalue weighted by molar-refractivity contribution is 6.03. The van der Waals surface area contributed by atoms with Gasteiger partial charge in [-0.25, -0.2) is 9.48 Å². The molecule has 0 atom stereocenters. The maximum absolute atomic E-state index is 13.1. The molecule has 0 fully saturated rings. The van der Waals surface area contributed by atoms with Crippen molar-refractivity contribution in [2.24, 2.45) is 0 Å². The second kappa shape index (κ2) is 10.2. The lowest BCUT2D eigenvalue weighted by molar-refractivity contribution is -0.116. The minimum atomic E-state index is -0.327. The highest BCUT2D eigenvalue weighted by Crippen LogP contribution is 2.27. The van der Waals surface area contributed by atoms with Gasteiger partial charge in [0.1, 0.15) is 12.4 Å². The van der Waals surface area contributed by atoms with E-state index in [1.807, 2.05) is 86.6 Å². The standard InChI is InChI=1S/C29H33N5O2/c1-6-33(28(36)30-24-13-9-11-21-10-7-8-12-23(21)24)19-27(35)31-26-18-25(29(3,4)5)32-34(26)22-16-14-20(2)15-17-22/h7-18H,6,19H2,1-5H3,(H,30,36)(H,31,35). The van der Waals surface area contributed by atoms with E-state index in [1.165, 1.54) is 4.90 Å². The summed E-state index contributed by atoms with van der Waals surface area (Å²) >= 11 is 0. The van der Waals surface area contributed by atoms with Gasteiger partial charge in [-0.1, -0.05) is 74.9 Å². The number of likely N-dealkylation sites (N-methyl/N-ethyl adjacent to an activating group) is 1. The Morgan fingerprint density at radius 3 is 2.33 bits per heavy atom. The van der Waals surface area contributed by atoms with E-state index in [2.05, 4.69) is 31.4 Å². The number of rotatable bonds is 6. The Bertz CT molecular complexity index is 1380. The zero-order valence-corrected chi connectivity index (χ0v) is 21.5. The number of anilines is 2. The van der Waals surface area contributed by atoms with Crippen LogP contribution in [0, 0.1) is 6.92 Å². The first kappa shape index (κ1) is 25.0. The lowest BCUT2D eigenvalue weighted by Crippen LogP contribution is -2.40. The number of aromatic nitrogens is 2. The second-order valence-corrected chi connectivity index (χ2v) is 9.93. The number of amides is 3. The summed E-state index contributed by atoms with van der Waals surface area (Å²) in [5, 5.41) is 12.7. The monoisotopic (exact) mass is 483 g/mol. The van der Waals surface area contributed by atoms with Crippen LogP contribution in [0.1, 0.15) is 39.0 Å². The van der Waals surface area contributed by atoms with E-state index in [4.69, 9.17) is 5.10 Å². The molecule has 1 heterocycles. The van der Waals surface area contributed by atoms with Gasteiger partial charge >= 0.3 is 6.03 Å². The quantitative estimate of drug-likeness (QED) is 0.347. The molecule has 0 aliphatic carbocycles. The number of carbonyl (C=O) groups is 2. The lowest BCUT2D eigenvalue weighted by atomic mass is 9.92. The summed E-state index contributed by atoms with van der Waals surface area (Å²) in [6.07, 6.45) is 0. The highest BCUT2D eigenvalue weighted by Gasteiger charge is 2.23. The summed E-state index contributed by atoms with van der Waals surface area (Å²) in [7, 11) is 0. The fourth-order valence-corrected chi connectivity index (χ4v) is 3.93. The summed E-state index contributed by atoms with van der Waals surface area (Å²) in [5.41, 5.74) is 3.38. The van der Waals surface area contributed by atoms with Crippen molar-refractivity contribution in [2.45, 2.75) is 40.0 Å². The van der Waals surface area contributed by atoms with Gasteiger partial charge in [0.05, 0.1) is 17.1 Å². The van der Waals surface area contributed by atoms with Crippen LogP contribution in [-0.2, 0) is 10.2 Å². The van der Waals surface area contributed by atoms with Crippen molar-refractivity contribution >= 4 is 34.2 Å². The number of nitrogens with one attached hydrogen (secondary N) is 2. The molecule has 3 amide bonds. The molecule has 0 bridgehead atoms. The first-order valence-corrected chi connectivity index (χ1v) is 12.2. The second-order valence-electron chi connectivity index (χ2n) is 9.93. The Balaban J connectivity index is 1.52. The molecule has 1 aromatic heterocycles. The number of aryl methyl sites for hydroxylation is 1. The number of nitrogens with zero attached hydrogens (tertiary/aromatic N) is 3. The van der Waals surface area contributed by atoms with Gasteiger partial charge in [-0.3, -0.25) is 4.79 Å². The molecule has 0 radical (unpaired) electrons. The predicted octanol–water partition coefficient (Wildman–Crippen LogP) is 6.12. The van der Waals surface area contributed by atoms with Crippen LogP contribution in [0.5, 0.6) is 0 Å². The Morgan fingerprint density at radius 2 is 1.64 bits per heavy atom. The lowest BCUT2D eigenvalue weighted by Gasteiger charge is -2.21. The molecule has 0 unspecified atom stereocenters. The summed E-state index contributed by atoms with van der Waals surface area (Å²) in [6, 6.07) is 23.2. The molecule has 2 N–H and O–H groups in total. The predicted molar refractivity (Wildman–Crippen MR) is 146 cm³/mol. The molecule has 7 heteroatoms. The van der Waals surface area contributed by atoms with Crippen molar-refractivity contribution in [2.75, 3.05) is 23.7 Å². The zero-order valence-electron chi connectivity index (χ0n) is 21.5. The van der Waals surface area contributed by atoms with Gasteiger partial charge < -0.3 is 15.5 Å². The average molecular weight is 484 g/mol. The molecule has 0 spiro atoms. The van der Waals surface area contributed by atoms with Gasteiger partial charge in [-0.05, 0) is 37.4 Å². The average Bonchev–Trinajstić information content (AvgIpc) is 3.27. The molecule has 4 aromatic rings. The molecule has 7 nitrogen and oxygen atoms in total. The van der Waals surface area contributed by atoms with Gasteiger partial charge in [0.25, 0.3) is 0 Å². The largest absolute Gasteiger partial charge is 0.322 e. The third-order valence-corrected chi connectivity index (χ3v) is 6.06. The van der Waals surface area contributed by atoms with Crippen LogP contribution in [0.3, 0.4) is 0 Å². The summed E-state index contributed by atoms with van der Waals surface area (Å²) in [5.74, 6) is 0.276. The van der Waals surface area contributed by atoms with Crippen LogP contribution in [-0.4, -0.2) is 39.7 Å². The Labute approximate surface area is 212 Å². The number of urea groups is 1. The maximum Gasteiger partial charge on any atom is 0.322 e. The van der Waals surface area contributed by atoms with E-state index in [0.29, 0.717) is 18.1 Å². The van der Waals surface area contributed by atoms with E-state index in [1.54, 1.807) is 4.68 Å². The fourth-order valence-electron chi connectivity index (χ4n) is 3.93. The van der Waals surface area contributed by atoms with Gasteiger partial charge in [0.15, 0.2) is 0 Å². The van der Waals surface area contributed by atoms with Crippen LogP contribution in [0.4, 0.5) is 16.3 Å². The molecule has 0 aliphatic heterocycles. The van der Waals surface area contributed by atoms with Crippen LogP contribution < -0.4 is 10.6 Å². The van der Waals surface area contributed by atoms with E-state index in [0.717, 1.165) is 27.7 Å². The van der Waals surface area contributed by atoms with Crippen molar-refractivity contribution in [3.8, 4) is 5.69 Å². The molecule has 0 saturated carbocycles.